The van der Waals surface area contributed by atoms with Crippen LogP contribution in [0.15, 0.2) is 54.6 Å². The van der Waals surface area contributed by atoms with E-state index in [1.54, 1.807) is 43.3 Å². The van der Waals surface area contributed by atoms with Gasteiger partial charge in [0.25, 0.3) is 0 Å². The fraction of sp³-hybridized carbons (Fsp3) is 0.286. The zero-order chi connectivity index (χ0) is 21.7. The molecule has 3 rings (SSSR count). The molecule has 2 atom stereocenters. The van der Waals surface area contributed by atoms with Crippen LogP contribution in [0, 0.1) is 0 Å². The summed E-state index contributed by atoms with van der Waals surface area (Å²) in [6, 6.07) is 14.9. The second kappa shape index (κ2) is 9.46. The third kappa shape index (κ3) is 5.50. The number of ketones is 1. The van der Waals surface area contributed by atoms with E-state index in [0.717, 1.165) is 4.70 Å². The molecule has 2 aromatic carbocycles. The summed E-state index contributed by atoms with van der Waals surface area (Å²) in [6.45, 7) is 1.72. The Morgan fingerprint density at radius 1 is 1.10 bits per heavy atom. The van der Waals surface area contributed by atoms with Crippen LogP contribution in [-0.2, 0) is 20.4 Å². The lowest BCUT2D eigenvalue weighted by atomic mass is 10.1. The molecule has 0 aliphatic heterocycles. The van der Waals surface area contributed by atoms with Gasteiger partial charge < -0.3 is 10.4 Å². The molecule has 158 valence electrons. The predicted molar refractivity (Wildman–Crippen MR) is 116 cm³/mol. The Morgan fingerprint density at radius 2 is 1.77 bits per heavy atom. The Bertz CT molecular complexity index is 1110. The van der Waals surface area contributed by atoms with Gasteiger partial charge in [0, 0.05) is 0 Å². The Hall–Kier alpha value is -2.62. The first-order chi connectivity index (χ1) is 14.3. The number of hydrogen-bond donors (Lipinski definition) is 2. The predicted octanol–water partition coefficient (Wildman–Crippen LogP) is 2.35. The van der Waals surface area contributed by atoms with Crippen molar-refractivity contribution in [3.8, 4) is 0 Å². The molecular formula is C21H22N2O5S2. The summed E-state index contributed by atoms with van der Waals surface area (Å²) in [5.74, 6) is -2.26. The highest BCUT2D eigenvalue weighted by Gasteiger charge is 2.29. The summed E-state index contributed by atoms with van der Waals surface area (Å²) in [4.78, 5) is 29.4. The third-order valence-corrected chi connectivity index (χ3v) is 7.14. The SMILES string of the molecule is CCC(NC(=O)[C@H](O)CS(=O)(=O)Cc1ccccc1)C(=O)c1nc2ccccc2s1. The van der Waals surface area contributed by atoms with Crippen LogP contribution in [0.25, 0.3) is 10.2 Å². The molecule has 0 aliphatic rings. The summed E-state index contributed by atoms with van der Waals surface area (Å²) in [5, 5.41) is 12.8. The van der Waals surface area contributed by atoms with Crippen LogP contribution >= 0.6 is 11.3 Å². The van der Waals surface area contributed by atoms with Crippen LogP contribution in [0.3, 0.4) is 0 Å². The van der Waals surface area contributed by atoms with Gasteiger partial charge >= 0.3 is 0 Å². The summed E-state index contributed by atoms with van der Waals surface area (Å²) in [5.41, 5.74) is 1.27. The van der Waals surface area contributed by atoms with E-state index in [9.17, 15) is 23.1 Å². The molecule has 2 N–H and O–H groups in total. The lowest BCUT2D eigenvalue weighted by molar-refractivity contribution is -0.128. The number of rotatable bonds is 9. The van der Waals surface area contributed by atoms with Crippen molar-refractivity contribution in [3.05, 3.63) is 65.2 Å². The Labute approximate surface area is 178 Å². The molecular weight excluding hydrogens is 424 g/mol. The number of carbonyl (C=O) groups is 2. The average Bonchev–Trinajstić information content (AvgIpc) is 3.15. The molecule has 0 bridgehead atoms. The van der Waals surface area contributed by atoms with Gasteiger partial charge in [-0.25, -0.2) is 13.4 Å². The lowest BCUT2D eigenvalue weighted by Crippen LogP contribution is -2.47. The number of aliphatic hydroxyl groups is 1. The van der Waals surface area contributed by atoms with Crippen LogP contribution < -0.4 is 5.32 Å². The largest absolute Gasteiger partial charge is 0.382 e. The van der Waals surface area contributed by atoms with Crippen molar-refractivity contribution < 1.29 is 23.1 Å². The molecule has 0 saturated heterocycles. The number of para-hydroxylation sites is 1. The standard InChI is InChI=1S/C21H22N2O5S2/c1-2-15(19(25)21-23-16-10-6-7-11-18(16)29-21)22-20(26)17(24)13-30(27,28)12-14-8-4-3-5-9-14/h3-11,15,17,24H,2,12-13H2,1H3,(H,22,26)/t15?,17-/m1/s1. The van der Waals surface area contributed by atoms with Crippen molar-refractivity contribution in [1.29, 1.82) is 0 Å². The lowest BCUT2D eigenvalue weighted by Gasteiger charge is -2.17. The Balaban J connectivity index is 1.64. The Morgan fingerprint density at radius 3 is 2.43 bits per heavy atom. The highest BCUT2D eigenvalue weighted by Crippen LogP contribution is 2.23. The molecule has 7 nitrogen and oxygen atoms in total. The molecule has 3 aromatic rings. The first kappa shape index (κ1) is 22.1. The molecule has 0 radical (unpaired) electrons. The van der Waals surface area contributed by atoms with Crippen LogP contribution in [0.1, 0.15) is 28.7 Å². The van der Waals surface area contributed by atoms with Crippen molar-refractivity contribution in [2.75, 3.05) is 5.75 Å². The molecule has 9 heteroatoms. The van der Waals surface area contributed by atoms with Crippen molar-refractivity contribution in [1.82, 2.24) is 10.3 Å². The van der Waals surface area contributed by atoms with Crippen molar-refractivity contribution in [2.24, 2.45) is 0 Å². The van der Waals surface area contributed by atoms with Gasteiger partial charge in [-0.15, -0.1) is 11.3 Å². The molecule has 0 fully saturated rings. The van der Waals surface area contributed by atoms with E-state index in [2.05, 4.69) is 10.3 Å². The van der Waals surface area contributed by atoms with Gasteiger partial charge in [-0.2, -0.15) is 0 Å². The third-order valence-electron chi connectivity index (χ3n) is 4.49. The number of aliphatic hydroxyl groups excluding tert-OH is 1. The highest BCUT2D eigenvalue weighted by atomic mass is 32.2. The number of hydrogen-bond acceptors (Lipinski definition) is 7. The second-order valence-electron chi connectivity index (χ2n) is 6.88. The number of fused-ring (bicyclic) bond motifs is 1. The first-order valence-corrected chi connectivity index (χ1v) is 12.1. The van der Waals surface area contributed by atoms with Crippen molar-refractivity contribution >= 4 is 43.1 Å². The quantitative estimate of drug-likeness (QED) is 0.488. The molecule has 1 amide bonds. The van der Waals surface area contributed by atoms with Gasteiger partial charge in [0.2, 0.25) is 11.7 Å². The molecule has 30 heavy (non-hydrogen) atoms. The smallest absolute Gasteiger partial charge is 0.250 e. The fourth-order valence-corrected chi connectivity index (χ4v) is 5.36. The zero-order valence-corrected chi connectivity index (χ0v) is 17.9. The highest BCUT2D eigenvalue weighted by molar-refractivity contribution is 7.90. The number of carbonyl (C=O) groups excluding carboxylic acids is 2. The minimum atomic E-state index is -3.72. The van der Waals surface area contributed by atoms with E-state index in [1.165, 1.54) is 11.3 Å². The number of Topliss-reactive ketones (excluding diaryl/α,β-unsaturated/α-hetero) is 1. The van der Waals surface area contributed by atoms with Gasteiger partial charge in [0.1, 0.15) is 6.10 Å². The molecule has 1 aromatic heterocycles. The number of nitrogens with one attached hydrogen (secondary N) is 1. The summed E-state index contributed by atoms with van der Waals surface area (Å²) < 4.78 is 25.5. The van der Waals surface area contributed by atoms with Gasteiger partial charge in [-0.1, -0.05) is 49.4 Å². The van der Waals surface area contributed by atoms with Gasteiger partial charge in [0.15, 0.2) is 14.8 Å². The maximum absolute atomic E-state index is 12.8. The van der Waals surface area contributed by atoms with Gasteiger partial charge in [-0.3, -0.25) is 9.59 Å². The van der Waals surface area contributed by atoms with Gasteiger partial charge in [0.05, 0.1) is 27.8 Å². The average molecular weight is 447 g/mol. The molecule has 1 unspecified atom stereocenters. The summed E-state index contributed by atoms with van der Waals surface area (Å²) in [7, 11) is -3.72. The van der Waals surface area contributed by atoms with E-state index in [-0.39, 0.29) is 23.0 Å². The van der Waals surface area contributed by atoms with Crippen molar-refractivity contribution in [2.45, 2.75) is 31.2 Å². The number of amides is 1. The second-order valence-corrected chi connectivity index (χ2v) is 10.0. The van der Waals surface area contributed by atoms with Crippen LogP contribution in [0.5, 0.6) is 0 Å². The number of thiazole rings is 1. The minimum Gasteiger partial charge on any atom is -0.382 e. The van der Waals surface area contributed by atoms with E-state index in [1.807, 2.05) is 18.2 Å². The number of aromatic nitrogens is 1. The number of sulfone groups is 1. The van der Waals surface area contributed by atoms with Gasteiger partial charge in [-0.05, 0) is 24.1 Å². The number of nitrogens with zero attached hydrogens (tertiary/aromatic N) is 1. The van der Waals surface area contributed by atoms with Crippen LogP contribution in [0.4, 0.5) is 0 Å². The summed E-state index contributed by atoms with van der Waals surface area (Å²) in [6.07, 6.45) is -1.49. The Kier molecular flexibility index (Phi) is 6.96. The summed E-state index contributed by atoms with van der Waals surface area (Å²) >= 11 is 1.23. The van der Waals surface area contributed by atoms with Crippen LogP contribution in [0.2, 0.25) is 0 Å². The van der Waals surface area contributed by atoms with E-state index in [4.69, 9.17) is 0 Å². The monoisotopic (exact) mass is 446 g/mol. The van der Waals surface area contributed by atoms with E-state index >= 15 is 0 Å². The normalized spacial score (nSPS) is 13.7. The maximum Gasteiger partial charge on any atom is 0.250 e. The fourth-order valence-electron chi connectivity index (χ4n) is 2.95. The van der Waals surface area contributed by atoms with E-state index < -0.39 is 33.6 Å². The van der Waals surface area contributed by atoms with E-state index in [0.29, 0.717) is 11.1 Å². The number of benzene rings is 2. The topological polar surface area (TPSA) is 113 Å². The molecule has 0 spiro atoms. The molecule has 1 heterocycles. The molecule has 0 aliphatic carbocycles. The van der Waals surface area contributed by atoms with Crippen LogP contribution in [-0.4, -0.2) is 48.1 Å². The molecule has 0 saturated carbocycles. The van der Waals surface area contributed by atoms with Crippen molar-refractivity contribution in [3.63, 3.8) is 0 Å². The minimum absolute atomic E-state index is 0.259. The zero-order valence-electron chi connectivity index (χ0n) is 16.3. The first-order valence-electron chi connectivity index (χ1n) is 9.41. The maximum atomic E-state index is 12.8.